The molecule has 0 bridgehead atoms. The first kappa shape index (κ1) is 30.4. The normalized spacial score (nSPS) is 13.9. The van der Waals surface area contributed by atoms with Gasteiger partial charge < -0.3 is 47.5 Å². The fourth-order valence-electron chi connectivity index (χ4n) is 4.50. The van der Waals surface area contributed by atoms with E-state index in [1.54, 1.807) is 6.20 Å². The van der Waals surface area contributed by atoms with Crippen molar-refractivity contribution in [2.45, 2.75) is 49.9 Å². The molecular weight excluding hydrogens is 560 g/mol. The lowest BCUT2D eigenvalue weighted by Crippen LogP contribution is -2.58. The van der Waals surface area contributed by atoms with E-state index in [1.165, 1.54) is 25.0 Å². The number of nitrogens with one attached hydrogen (secondary N) is 6. The van der Waals surface area contributed by atoms with Crippen molar-refractivity contribution in [3.8, 4) is 0 Å². The lowest BCUT2D eigenvalue weighted by molar-refractivity contribution is -0.142. The van der Waals surface area contributed by atoms with Crippen molar-refractivity contribution < 1.29 is 29.1 Å². The number of carboxylic acid groups (broad SMARTS) is 1. The Balaban J connectivity index is 1.53. The number of imidazole rings is 2. The molecule has 0 saturated carbocycles. The van der Waals surface area contributed by atoms with Crippen LogP contribution in [0.4, 0.5) is 0 Å². The number of aromatic amines is 3. The van der Waals surface area contributed by atoms with Crippen molar-refractivity contribution in [1.29, 1.82) is 0 Å². The summed E-state index contributed by atoms with van der Waals surface area (Å²) in [5.74, 6) is -4.41. The predicted molar refractivity (Wildman–Crippen MR) is 152 cm³/mol. The van der Waals surface area contributed by atoms with Crippen LogP contribution >= 0.6 is 0 Å². The molecule has 226 valence electrons. The third-order valence-electron chi connectivity index (χ3n) is 6.70. The van der Waals surface area contributed by atoms with E-state index in [2.05, 4.69) is 40.9 Å². The van der Waals surface area contributed by atoms with Gasteiger partial charge in [0.25, 0.3) is 0 Å². The van der Waals surface area contributed by atoms with E-state index < -0.39 is 60.2 Å². The van der Waals surface area contributed by atoms with Gasteiger partial charge in [-0.1, -0.05) is 18.2 Å². The van der Waals surface area contributed by atoms with Crippen LogP contribution in [-0.2, 0) is 43.2 Å². The van der Waals surface area contributed by atoms with Crippen LogP contribution in [0.5, 0.6) is 0 Å². The number of primary amides is 1. The van der Waals surface area contributed by atoms with E-state index >= 15 is 0 Å². The van der Waals surface area contributed by atoms with Gasteiger partial charge in [0, 0.05) is 60.1 Å². The second kappa shape index (κ2) is 13.9. The number of H-pyrrole nitrogens is 3. The van der Waals surface area contributed by atoms with E-state index in [4.69, 9.17) is 11.5 Å². The third-order valence-corrected chi connectivity index (χ3v) is 6.70. The van der Waals surface area contributed by atoms with Gasteiger partial charge in [0.1, 0.15) is 18.1 Å². The molecule has 0 aliphatic rings. The van der Waals surface area contributed by atoms with Crippen LogP contribution in [0.2, 0.25) is 0 Å². The number of carbonyl (C=O) groups is 5. The van der Waals surface area contributed by atoms with Crippen LogP contribution in [0.3, 0.4) is 0 Å². The minimum absolute atomic E-state index is 0.0218. The summed E-state index contributed by atoms with van der Waals surface area (Å²) in [6.07, 6.45) is 6.78. The number of para-hydroxylation sites is 1. The Kier molecular flexibility index (Phi) is 9.85. The Bertz CT molecular complexity index is 1570. The summed E-state index contributed by atoms with van der Waals surface area (Å²) in [5, 5.41) is 18.4. The first-order valence-electron chi connectivity index (χ1n) is 13.3. The SMILES string of the molecule is NC(=O)CC(N)C(=O)NC(Cc1cnc[nH]1)C(=O)NC(Cc1cnc[nH]1)C(=O)NC(Cc1c[nH]c2ccccc12)C(=O)O. The molecule has 1 aromatic carbocycles. The molecular formula is C27H32N10O6. The highest BCUT2D eigenvalue weighted by atomic mass is 16.4. The quantitative estimate of drug-likeness (QED) is 0.0767. The molecule has 0 aliphatic carbocycles. The zero-order valence-electron chi connectivity index (χ0n) is 22.9. The summed E-state index contributed by atoms with van der Waals surface area (Å²) in [4.78, 5) is 79.7. The van der Waals surface area contributed by atoms with Gasteiger partial charge in [-0.15, -0.1) is 0 Å². The van der Waals surface area contributed by atoms with Crippen LogP contribution in [0, 0.1) is 0 Å². The zero-order valence-corrected chi connectivity index (χ0v) is 22.9. The van der Waals surface area contributed by atoms with Crippen molar-refractivity contribution in [2.24, 2.45) is 11.5 Å². The number of fused-ring (bicyclic) bond motifs is 1. The van der Waals surface area contributed by atoms with E-state index in [1.807, 2.05) is 24.3 Å². The van der Waals surface area contributed by atoms with E-state index in [-0.39, 0.29) is 19.3 Å². The number of hydrogen-bond donors (Lipinski definition) is 9. The Morgan fingerprint density at radius 2 is 1.35 bits per heavy atom. The molecule has 3 heterocycles. The van der Waals surface area contributed by atoms with Gasteiger partial charge >= 0.3 is 5.97 Å². The van der Waals surface area contributed by atoms with E-state index in [0.717, 1.165) is 10.9 Å². The monoisotopic (exact) mass is 592 g/mol. The maximum atomic E-state index is 13.5. The van der Waals surface area contributed by atoms with Crippen LogP contribution in [-0.4, -0.2) is 83.8 Å². The van der Waals surface area contributed by atoms with Crippen molar-refractivity contribution in [1.82, 2.24) is 40.9 Å². The van der Waals surface area contributed by atoms with Gasteiger partial charge in [0.2, 0.25) is 23.6 Å². The standard InChI is InChI=1S/C27H32N10O6/c28-18(8-23(29)38)24(39)35-20(6-15-10-30-12-33-15)25(40)36-21(7-16-11-31-13-34-16)26(41)37-22(27(42)43)5-14-9-32-19-4-2-1-3-17(14)19/h1-4,9-13,18,20-22,32H,5-8,28H2,(H2,29,38)(H,30,33)(H,31,34)(H,35,39)(H,36,40)(H,37,41)(H,42,43). The van der Waals surface area contributed by atoms with Crippen molar-refractivity contribution in [3.05, 3.63) is 72.5 Å². The molecule has 0 aliphatic heterocycles. The lowest BCUT2D eigenvalue weighted by atomic mass is 10.0. The van der Waals surface area contributed by atoms with Crippen molar-refractivity contribution in [2.75, 3.05) is 0 Å². The summed E-state index contributed by atoms with van der Waals surface area (Å²) < 4.78 is 0. The molecule has 3 aromatic heterocycles. The van der Waals surface area contributed by atoms with Gasteiger partial charge in [-0.05, 0) is 11.6 Å². The second-order valence-corrected chi connectivity index (χ2v) is 9.92. The number of rotatable bonds is 15. The number of aromatic nitrogens is 5. The number of amides is 4. The molecule has 4 unspecified atom stereocenters. The summed E-state index contributed by atoms with van der Waals surface area (Å²) in [6.45, 7) is 0. The highest BCUT2D eigenvalue weighted by Gasteiger charge is 2.32. The first-order valence-corrected chi connectivity index (χ1v) is 13.3. The van der Waals surface area contributed by atoms with Crippen LogP contribution in [0.25, 0.3) is 10.9 Å². The molecule has 0 saturated heterocycles. The zero-order chi connectivity index (χ0) is 30.9. The topological polar surface area (TPSA) is 267 Å². The summed E-state index contributed by atoms with van der Waals surface area (Å²) in [6, 6.07) is 2.22. The molecule has 0 radical (unpaired) electrons. The second-order valence-electron chi connectivity index (χ2n) is 9.92. The van der Waals surface area contributed by atoms with Crippen LogP contribution < -0.4 is 27.4 Å². The average Bonchev–Trinajstić information content (AvgIpc) is 3.74. The fraction of sp³-hybridized carbons (Fsp3) is 0.296. The van der Waals surface area contributed by atoms with Gasteiger partial charge in [-0.25, -0.2) is 14.8 Å². The summed E-state index contributed by atoms with van der Waals surface area (Å²) in [5.41, 5.74) is 13.4. The minimum atomic E-state index is -1.32. The van der Waals surface area contributed by atoms with Crippen LogP contribution in [0.1, 0.15) is 23.4 Å². The molecule has 43 heavy (non-hydrogen) atoms. The average molecular weight is 593 g/mol. The van der Waals surface area contributed by atoms with E-state index in [0.29, 0.717) is 17.0 Å². The van der Waals surface area contributed by atoms with Gasteiger partial charge in [0.05, 0.1) is 25.1 Å². The molecule has 16 nitrogen and oxygen atoms in total. The summed E-state index contributed by atoms with van der Waals surface area (Å²) >= 11 is 0. The molecule has 4 atom stereocenters. The van der Waals surface area contributed by atoms with Gasteiger partial charge in [-0.3, -0.25) is 19.2 Å². The molecule has 11 N–H and O–H groups in total. The number of nitrogens with two attached hydrogens (primary N) is 2. The Morgan fingerprint density at radius 3 is 1.88 bits per heavy atom. The number of carboxylic acids is 1. The lowest BCUT2D eigenvalue weighted by Gasteiger charge is -2.25. The minimum Gasteiger partial charge on any atom is -0.480 e. The Morgan fingerprint density at radius 1 is 0.791 bits per heavy atom. The largest absolute Gasteiger partial charge is 0.480 e. The number of benzene rings is 1. The third kappa shape index (κ3) is 8.26. The number of hydrogen-bond acceptors (Lipinski definition) is 8. The van der Waals surface area contributed by atoms with Crippen molar-refractivity contribution >= 4 is 40.5 Å². The number of aliphatic carboxylic acids is 1. The number of carbonyl (C=O) groups excluding carboxylic acids is 4. The molecule has 0 spiro atoms. The Hall–Kier alpha value is -5.51. The van der Waals surface area contributed by atoms with Crippen molar-refractivity contribution in [3.63, 3.8) is 0 Å². The maximum Gasteiger partial charge on any atom is 0.326 e. The predicted octanol–water partition coefficient (Wildman–Crippen LogP) is -1.62. The first-order chi connectivity index (χ1) is 20.6. The Labute approximate surface area is 244 Å². The number of nitrogens with zero attached hydrogens (tertiary/aromatic N) is 2. The molecule has 4 rings (SSSR count). The van der Waals surface area contributed by atoms with Crippen LogP contribution in [0.15, 0.2) is 55.5 Å². The maximum absolute atomic E-state index is 13.5. The smallest absolute Gasteiger partial charge is 0.326 e. The summed E-state index contributed by atoms with van der Waals surface area (Å²) in [7, 11) is 0. The van der Waals surface area contributed by atoms with E-state index in [9.17, 15) is 29.1 Å². The van der Waals surface area contributed by atoms with Gasteiger partial charge in [-0.2, -0.15) is 0 Å². The fourth-order valence-corrected chi connectivity index (χ4v) is 4.50. The van der Waals surface area contributed by atoms with Gasteiger partial charge in [0.15, 0.2) is 0 Å². The highest BCUT2D eigenvalue weighted by molar-refractivity contribution is 5.95. The highest BCUT2D eigenvalue weighted by Crippen LogP contribution is 2.19. The molecule has 4 aromatic rings. The molecule has 16 heteroatoms. The molecule has 4 amide bonds. The molecule has 0 fully saturated rings.